The molecule has 0 heterocycles. The van der Waals surface area contributed by atoms with E-state index in [0.717, 1.165) is 5.56 Å². The van der Waals surface area contributed by atoms with Crippen molar-refractivity contribution in [1.29, 1.82) is 5.26 Å². The molecule has 0 atom stereocenters. The fraction of sp³-hybridized carbons (Fsp3) is 0.0833. The molecule has 0 bridgehead atoms. The van der Waals surface area contributed by atoms with Gasteiger partial charge in [0.15, 0.2) is 0 Å². The zero-order chi connectivity index (χ0) is 22.2. The van der Waals surface area contributed by atoms with Crippen LogP contribution in [0.4, 0.5) is 11.4 Å². The Morgan fingerprint density at radius 3 is 2.52 bits per heavy atom. The molecular weight excluding hydrogens is 394 g/mol. The van der Waals surface area contributed by atoms with Crippen molar-refractivity contribution >= 4 is 23.4 Å². The minimum Gasteiger partial charge on any atom is -0.488 e. The molecule has 1 N–H and O–H groups in total. The number of rotatable bonds is 7. The number of anilines is 1. The normalized spacial score (nSPS) is 10.8. The highest BCUT2D eigenvalue weighted by Gasteiger charge is 2.14. The molecule has 7 nitrogen and oxygen atoms in total. The van der Waals surface area contributed by atoms with E-state index in [2.05, 4.69) is 5.32 Å². The van der Waals surface area contributed by atoms with E-state index < -0.39 is 10.8 Å². The molecule has 0 fully saturated rings. The van der Waals surface area contributed by atoms with Crippen molar-refractivity contribution in [2.75, 3.05) is 5.32 Å². The number of amides is 1. The fourth-order valence-corrected chi connectivity index (χ4v) is 2.86. The van der Waals surface area contributed by atoms with Crippen LogP contribution < -0.4 is 10.1 Å². The van der Waals surface area contributed by atoms with Gasteiger partial charge in [-0.1, -0.05) is 48.5 Å². The lowest BCUT2D eigenvalue weighted by Crippen LogP contribution is -2.14. The summed E-state index contributed by atoms with van der Waals surface area (Å²) in [6.07, 6.45) is 1.45. The number of benzene rings is 3. The van der Waals surface area contributed by atoms with Crippen molar-refractivity contribution in [1.82, 2.24) is 0 Å². The molecule has 0 saturated heterocycles. The molecule has 154 valence electrons. The lowest BCUT2D eigenvalue weighted by atomic mass is 10.1. The molecule has 3 aromatic rings. The SMILES string of the molecule is Cc1cc([N+](=O)[O-])ccc1NC(=O)/C(C#N)=C/c1ccccc1OCc1ccccc1. The average molecular weight is 413 g/mol. The quantitative estimate of drug-likeness (QED) is 0.253. The van der Waals surface area contributed by atoms with E-state index in [0.29, 0.717) is 29.2 Å². The molecule has 0 saturated carbocycles. The number of non-ortho nitro benzene ring substituents is 1. The van der Waals surface area contributed by atoms with E-state index in [1.54, 1.807) is 25.1 Å². The van der Waals surface area contributed by atoms with Crippen LogP contribution in [-0.2, 0) is 11.4 Å². The van der Waals surface area contributed by atoms with E-state index in [1.807, 2.05) is 42.5 Å². The first-order chi connectivity index (χ1) is 15.0. The van der Waals surface area contributed by atoms with E-state index in [1.165, 1.54) is 24.3 Å². The molecule has 0 radical (unpaired) electrons. The highest BCUT2D eigenvalue weighted by molar-refractivity contribution is 6.10. The predicted octanol–water partition coefficient (Wildman–Crippen LogP) is 5.03. The number of hydrogen-bond donors (Lipinski definition) is 1. The second-order valence-corrected chi connectivity index (χ2v) is 6.69. The molecule has 7 heteroatoms. The van der Waals surface area contributed by atoms with Crippen LogP contribution in [0.2, 0.25) is 0 Å². The molecule has 0 aromatic heterocycles. The van der Waals surface area contributed by atoms with E-state index in [-0.39, 0.29) is 11.3 Å². The molecular formula is C24H19N3O4. The number of nitro benzene ring substituents is 1. The molecule has 0 aliphatic heterocycles. The van der Waals surface area contributed by atoms with Gasteiger partial charge in [-0.2, -0.15) is 5.26 Å². The topological polar surface area (TPSA) is 105 Å². The Kier molecular flexibility index (Phi) is 6.76. The molecule has 0 aliphatic rings. The lowest BCUT2D eigenvalue weighted by molar-refractivity contribution is -0.384. The van der Waals surface area contributed by atoms with Crippen LogP contribution in [-0.4, -0.2) is 10.8 Å². The Labute approximate surface area is 179 Å². The van der Waals surface area contributed by atoms with Gasteiger partial charge in [0.1, 0.15) is 24.0 Å². The van der Waals surface area contributed by atoms with E-state index >= 15 is 0 Å². The first-order valence-electron chi connectivity index (χ1n) is 9.42. The molecule has 0 spiro atoms. The zero-order valence-corrected chi connectivity index (χ0v) is 16.7. The van der Waals surface area contributed by atoms with Gasteiger partial charge in [0.2, 0.25) is 0 Å². The number of hydrogen-bond acceptors (Lipinski definition) is 5. The number of aryl methyl sites for hydroxylation is 1. The van der Waals surface area contributed by atoms with Crippen LogP contribution >= 0.6 is 0 Å². The summed E-state index contributed by atoms with van der Waals surface area (Å²) >= 11 is 0. The third kappa shape index (κ3) is 5.55. The van der Waals surface area contributed by atoms with Crippen molar-refractivity contribution in [2.45, 2.75) is 13.5 Å². The van der Waals surface area contributed by atoms with Gasteiger partial charge in [0.05, 0.1) is 4.92 Å². The molecule has 3 aromatic carbocycles. The van der Waals surface area contributed by atoms with Crippen LogP contribution in [0, 0.1) is 28.4 Å². The van der Waals surface area contributed by atoms with Gasteiger partial charge in [-0.05, 0) is 36.3 Å². The monoisotopic (exact) mass is 413 g/mol. The Morgan fingerprint density at radius 2 is 1.84 bits per heavy atom. The van der Waals surface area contributed by atoms with Gasteiger partial charge in [0, 0.05) is 23.4 Å². The molecule has 0 unspecified atom stereocenters. The van der Waals surface area contributed by atoms with E-state index in [9.17, 15) is 20.2 Å². The third-order valence-corrected chi connectivity index (χ3v) is 4.49. The predicted molar refractivity (Wildman–Crippen MR) is 117 cm³/mol. The van der Waals surface area contributed by atoms with Gasteiger partial charge in [-0.15, -0.1) is 0 Å². The second-order valence-electron chi connectivity index (χ2n) is 6.69. The number of ether oxygens (including phenoxy) is 1. The summed E-state index contributed by atoms with van der Waals surface area (Å²) in [7, 11) is 0. The minimum atomic E-state index is -0.614. The fourth-order valence-electron chi connectivity index (χ4n) is 2.86. The first-order valence-corrected chi connectivity index (χ1v) is 9.42. The number of nitro groups is 1. The van der Waals surface area contributed by atoms with Crippen LogP contribution in [0.1, 0.15) is 16.7 Å². The maximum absolute atomic E-state index is 12.6. The average Bonchev–Trinajstić information content (AvgIpc) is 2.78. The smallest absolute Gasteiger partial charge is 0.269 e. The van der Waals surface area contributed by atoms with Crippen molar-refractivity contribution in [3.63, 3.8) is 0 Å². The molecule has 0 aliphatic carbocycles. The van der Waals surface area contributed by atoms with Gasteiger partial charge in [0.25, 0.3) is 11.6 Å². The van der Waals surface area contributed by atoms with Gasteiger partial charge in [-0.25, -0.2) is 0 Å². The number of para-hydroxylation sites is 1. The third-order valence-electron chi connectivity index (χ3n) is 4.49. The highest BCUT2D eigenvalue weighted by Crippen LogP contribution is 2.24. The lowest BCUT2D eigenvalue weighted by Gasteiger charge is -2.10. The molecule has 3 rings (SSSR count). The Bertz CT molecular complexity index is 1180. The van der Waals surface area contributed by atoms with Crippen molar-refractivity contribution < 1.29 is 14.5 Å². The van der Waals surface area contributed by atoms with Gasteiger partial charge in [-0.3, -0.25) is 14.9 Å². The number of carbonyl (C=O) groups is 1. The number of nitrogens with one attached hydrogen (secondary N) is 1. The highest BCUT2D eigenvalue weighted by atomic mass is 16.6. The van der Waals surface area contributed by atoms with Crippen molar-refractivity contribution in [3.05, 3.63) is 105 Å². The minimum absolute atomic E-state index is 0.0731. The van der Waals surface area contributed by atoms with Crippen LogP contribution in [0.5, 0.6) is 5.75 Å². The van der Waals surface area contributed by atoms with Crippen molar-refractivity contribution in [2.24, 2.45) is 0 Å². The van der Waals surface area contributed by atoms with Gasteiger partial charge >= 0.3 is 0 Å². The second kappa shape index (κ2) is 9.85. The summed E-state index contributed by atoms with van der Waals surface area (Å²) in [5.74, 6) is -0.0734. The maximum atomic E-state index is 12.6. The Balaban J connectivity index is 1.79. The largest absolute Gasteiger partial charge is 0.488 e. The summed E-state index contributed by atoms with van der Waals surface area (Å²) in [6, 6.07) is 22.8. The summed E-state index contributed by atoms with van der Waals surface area (Å²) in [5.41, 5.74) is 2.31. The summed E-state index contributed by atoms with van der Waals surface area (Å²) in [6.45, 7) is 1.99. The summed E-state index contributed by atoms with van der Waals surface area (Å²) in [5, 5.41) is 23.0. The number of carbonyl (C=O) groups excluding carboxylic acids is 1. The van der Waals surface area contributed by atoms with Crippen LogP contribution in [0.25, 0.3) is 6.08 Å². The van der Waals surface area contributed by atoms with E-state index in [4.69, 9.17) is 4.74 Å². The van der Waals surface area contributed by atoms with Gasteiger partial charge < -0.3 is 10.1 Å². The molecule has 1 amide bonds. The Hall–Kier alpha value is -4.44. The maximum Gasteiger partial charge on any atom is 0.269 e. The van der Waals surface area contributed by atoms with Crippen LogP contribution in [0.15, 0.2) is 78.4 Å². The molecule has 31 heavy (non-hydrogen) atoms. The first kappa shape index (κ1) is 21.3. The zero-order valence-electron chi connectivity index (χ0n) is 16.7. The number of nitriles is 1. The Morgan fingerprint density at radius 1 is 1.13 bits per heavy atom. The standard InChI is InChI=1S/C24H19N3O4/c1-17-13-21(27(29)30)11-12-22(17)26-24(28)20(15-25)14-19-9-5-6-10-23(19)31-16-18-7-3-2-4-8-18/h2-14H,16H2,1H3,(H,26,28)/b20-14+. The number of nitrogens with zero attached hydrogens (tertiary/aromatic N) is 2. The summed E-state index contributed by atoms with van der Waals surface area (Å²) in [4.78, 5) is 23.0. The van der Waals surface area contributed by atoms with Crippen molar-refractivity contribution in [3.8, 4) is 11.8 Å². The van der Waals surface area contributed by atoms with Crippen LogP contribution in [0.3, 0.4) is 0 Å². The summed E-state index contributed by atoms with van der Waals surface area (Å²) < 4.78 is 5.87.